The molecule has 0 aliphatic heterocycles. The Bertz CT molecular complexity index is 824. The maximum Gasteiger partial charge on any atom is 0.234 e. The van der Waals surface area contributed by atoms with E-state index in [9.17, 15) is 9.59 Å². The molecule has 0 radical (unpaired) electrons. The number of ether oxygens (including phenoxy) is 2. The highest BCUT2D eigenvalue weighted by Crippen LogP contribution is 2.28. The van der Waals surface area contributed by atoms with Crippen LogP contribution in [0.4, 0.5) is 5.69 Å². The molecule has 0 heterocycles. The minimum absolute atomic E-state index is 0.0842. The van der Waals surface area contributed by atoms with E-state index in [1.54, 1.807) is 0 Å². The molecule has 0 saturated carbocycles. The van der Waals surface area contributed by atoms with E-state index in [-0.39, 0.29) is 23.3 Å². The van der Waals surface area contributed by atoms with Crippen molar-refractivity contribution in [3.05, 3.63) is 53.6 Å². The van der Waals surface area contributed by atoms with Gasteiger partial charge in [0.25, 0.3) is 0 Å². The first-order valence-electron chi connectivity index (χ1n) is 10.1. The van der Waals surface area contributed by atoms with E-state index in [0.717, 1.165) is 28.3 Å². The summed E-state index contributed by atoms with van der Waals surface area (Å²) in [5, 5.41) is 5.71. The van der Waals surface area contributed by atoms with Gasteiger partial charge in [-0.1, -0.05) is 23.8 Å². The van der Waals surface area contributed by atoms with E-state index in [1.165, 1.54) is 11.8 Å². The Morgan fingerprint density at radius 3 is 2.27 bits per heavy atom. The zero-order valence-corrected chi connectivity index (χ0v) is 18.6. The third-order valence-corrected chi connectivity index (χ3v) is 5.08. The number of thioether (sulfide) groups is 1. The standard InChI is InChI=1S/C23H30N2O4S/c1-4-28-20-11-8-18(14-21(20)29-5-2)12-13-24-22(26)15-30-16-23(27)25-19-9-6-17(3)7-10-19/h6-11,14H,4-5,12-13,15-16H2,1-3H3,(H,24,26)(H,25,27). The Morgan fingerprint density at radius 1 is 0.900 bits per heavy atom. The summed E-state index contributed by atoms with van der Waals surface area (Å²) < 4.78 is 11.2. The maximum atomic E-state index is 12.0. The zero-order chi connectivity index (χ0) is 21.8. The third-order valence-electron chi connectivity index (χ3n) is 4.15. The van der Waals surface area contributed by atoms with Crippen LogP contribution in [0, 0.1) is 6.92 Å². The van der Waals surface area contributed by atoms with Gasteiger partial charge >= 0.3 is 0 Å². The minimum Gasteiger partial charge on any atom is -0.490 e. The predicted octanol–water partition coefficient (Wildman–Crippen LogP) is 3.82. The van der Waals surface area contributed by atoms with Gasteiger partial charge in [-0.15, -0.1) is 11.8 Å². The number of hydrogen-bond acceptors (Lipinski definition) is 5. The second kappa shape index (κ2) is 12.8. The van der Waals surface area contributed by atoms with Crippen molar-refractivity contribution in [3.63, 3.8) is 0 Å². The van der Waals surface area contributed by atoms with Crippen LogP contribution in [0.1, 0.15) is 25.0 Å². The quantitative estimate of drug-likeness (QED) is 0.535. The molecule has 0 aromatic heterocycles. The molecule has 2 rings (SSSR count). The fourth-order valence-corrected chi connectivity index (χ4v) is 3.37. The summed E-state index contributed by atoms with van der Waals surface area (Å²) in [6, 6.07) is 13.4. The summed E-state index contributed by atoms with van der Waals surface area (Å²) in [6.45, 7) is 7.53. The van der Waals surface area contributed by atoms with Crippen molar-refractivity contribution in [2.45, 2.75) is 27.2 Å². The first-order chi connectivity index (χ1) is 14.5. The summed E-state index contributed by atoms with van der Waals surface area (Å²) in [5.41, 5.74) is 2.96. The molecule has 7 heteroatoms. The summed E-state index contributed by atoms with van der Waals surface area (Å²) in [7, 11) is 0. The van der Waals surface area contributed by atoms with E-state index in [1.807, 2.05) is 63.2 Å². The molecular formula is C23H30N2O4S. The molecule has 0 unspecified atom stereocenters. The summed E-state index contributed by atoms with van der Waals surface area (Å²) in [4.78, 5) is 24.0. The van der Waals surface area contributed by atoms with E-state index in [0.29, 0.717) is 26.2 Å². The molecule has 0 aliphatic carbocycles. The lowest BCUT2D eigenvalue weighted by Gasteiger charge is -2.12. The minimum atomic E-state index is -0.116. The molecule has 0 fully saturated rings. The topological polar surface area (TPSA) is 76.7 Å². The average molecular weight is 431 g/mol. The SMILES string of the molecule is CCOc1ccc(CCNC(=O)CSCC(=O)Nc2ccc(C)cc2)cc1OCC. The van der Waals surface area contributed by atoms with Gasteiger partial charge < -0.3 is 20.1 Å². The lowest BCUT2D eigenvalue weighted by Crippen LogP contribution is -2.28. The first kappa shape index (κ1) is 23.6. The molecule has 162 valence electrons. The van der Waals surface area contributed by atoms with Crippen molar-refractivity contribution in [2.24, 2.45) is 0 Å². The number of carbonyl (C=O) groups is 2. The number of carbonyl (C=O) groups excluding carboxylic acids is 2. The maximum absolute atomic E-state index is 12.0. The van der Waals surface area contributed by atoms with Crippen LogP contribution in [0.25, 0.3) is 0 Å². The lowest BCUT2D eigenvalue weighted by atomic mass is 10.1. The monoisotopic (exact) mass is 430 g/mol. The normalized spacial score (nSPS) is 10.4. The van der Waals surface area contributed by atoms with Gasteiger partial charge in [0.1, 0.15) is 0 Å². The lowest BCUT2D eigenvalue weighted by molar-refractivity contribution is -0.118. The van der Waals surface area contributed by atoms with Crippen molar-refractivity contribution < 1.29 is 19.1 Å². The molecular weight excluding hydrogens is 400 g/mol. The first-order valence-corrected chi connectivity index (χ1v) is 11.3. The van der Waals surface area contributed by atoms with Crippen LogP contribution in [0.3, 0.4) is 0 Å². The van der Waals surface area contributed by atoms with E-state index in [2.05, 4.69) is 10.6 Å². The molecule has 6 nitrogen and oxygen atoms in total. The smallest absolute Gasteiger partial charge is 0.234 e. The van der Waals surface area contributed by atoms with E-state index in [4.69, 9.17) is 9.47 Å². The van der Waals surface area contributed by atoms with Gasteiger partial charge in [0, 0.05) is 12.2 Å². The number of hydrogen-bond donors (Lipinski definition) is 2. The third kappa shape index (κ3) is 8.37. The number of benzene rings is 2. The van der Waals surface area contributed by atoms with Crippen molar-refractivity contribution in [1.29, 1.82) is 0 Å². The number of anilines is 1. The van der Waals surface area contributed by atoms with Gasteiger partial charge in [-0.2, -0.15) is 0 Å². The molecule has 0 saturated heterocycles. The Labute approximate surface area is 182 Å². The predicted molar refractivity (Wildman–Crippen MR) is 123 cm³/mol. The number of nitrogens with one attached hydrogen (secondary N) is 2. The fraction of sp³-hybridized carbons (Fsp3) is 0.391. The number of aryl methyl sites for hydroxylation is 1. The summed E-state index contributed by atoms with van der Waals surface area (Å²) >= 11 is 1.29. The van der Waals surface area contributed by atoms with Crippen LogP contribution in [-0.2, 0) is 16.0 Å². The van der Waals surface area contributed by atoms with Gasteiger partial charge in [-0.05, 0) is 57.0 Å². The van der Waals surface area contributed by atoms with E-state index >= 15 is 0 Å². The molecule has 2 aromatic rings. The highest BCUT2D eigenvalue weighted by molar-refractivity contribution is 8.00. The molecule has 30 heavy (non-hydrogen) atoms. The molecule has 0 atom stereocenters. The molecule has 2 amide bonds. The van der Waals surface area contributed by atoms with Crippen LogP contribution >= 0.6 is 11.8 Å². The molecule has 0 bridgehead atoms. The highest BCUT2D eigenvalue weighted by Gasteiger charge is 2.08. The largest absolute Gasteiger partial charge is 0.490 e. The Kier molecular flexibility index (Phi) is 10.1. The van der Waals surface area contributed by atoms with Gasteiger partial charge in [0.2, 0.25) is 11.8 Å². The molecule has 0 spiro atoms. The number of amides is 2. The summed E-state index contributed by atoms with van der Waals surface area (Å²) in [5.74, 6) is 1.73. The fourth-order valence-electron chi connectivity index (χ4n) is 2.72. The van der Waals surface area contributed by atoms with Crippen LogP contribution in [-0.4, -0.2) is 43.1 Å². The van der Waals surface area contributed by atoms with Crippen molar-refractivity contribution in [3.8, 4) is 11.5 Å². The van der Waals surface area contributed by atoms with Crippen molar-refractivity contribution in [1.82, 2.24) is 5.32 Å². The van der Waals surface area contributed by atoms with Crippen LogP contribution in [0.15, 0.2) is 42.5 Å². The van der Waals surface area contributed by atoms with Gasteiger partial charge in [0.05, 0.1) is 24.7 Å². The van der Waals surface area contributed by atoms with E-state index < -0.39 is 0 Å². The molecule has 2 N–H and O–H groups in total. The molecule has 2 aromatic carbocycles. The van der Waals surface area contributed by atoms with Crippen LogP contribution < -0.4 is 20.1 Å². The Morgan fingerprint density at radius 2 is 1.57 bits per heavy atom. The molecule has 0 aliphatic rings. The van der Waals surface area contributed by atoms with Gasteiger partial charge in [-0.25, -0.2) is 0 Å². The Hall–Kier alpha value is -2.67. The van der Waals surface area contributed by atoms with Crippen molar-refractivity contribution >= 4 is 29.3 Å². The van der Waals surface area contributed by atoms with Crippen LogP contribution in [0.5, 0.6) is 11.5 Å². The Balaban J connectivity index is 1.67. The average Bonchev–Trinajstić information content (AvgIpc) is 2.72. The van der Waals surface area contributed by atoms with Crippen molar-refractivity contribution in [2.75, 3.05) is 36.6 Å². The van der Waals surface area contributed by atoms with Gasteiger partial charge in [-0.3, -0.25) is 9.59 Å². The summed E-state index contributed by atoms with van der Waals surface area (Å²) in [6.07, 6.45) is 0.691. The highest BCUT2D eigenvalue weighted by atomic mass is 32.2. The second-order valence-corrected chi connectivity index (χ2v) is 7.64. The second-order valence-electron chi connectivity index (χ2n) is 6.65. The van der Waals surface area contributed by atoms with Crippen LogP contribution in [0.2, 0.25) is 0 Å². The zero-order valence-electron chi connectivity index (χ0n) is 17.8. The van der Waals surface area contributed by atoms with Gasteiger partial charge in [0.15, 0.2) is 11.5 Å². The number of rotatable bonds is 12.